The molecule has 0 saturated heterocycles. The molecule has 0 aliphatic carbocycles. The normalized spacial score (nSPS) is 13.0. The van der Waals surface area contributed by atoms with E-state index >= 15 is 0 Å². The highest BCUT2D eigenvalue weighted by Crippen LogP contribution is 2.17. The molecule has 0 aromatic heterocycles. The van der Waals surface area contributed by atoms with E-state index < -0.39 is 16.1 Å². The molecule has 1 atom stereocenters. The van der Waals surface area contributed by atoms with E-state index in [0.29, 0.717) is 11.1 Å². The number of methoxy groups -OCH3 is 1. The lowest BCUT2D eigenvalue weighted by Gasteiger charge is -2.17. The summed E-state index contributed by atoms with van der Waals surface area (Å²) < 4.78 is 45.4. The molecule has 2 aromatic rings. The molecule has 124 valence electrons. The first kappa shape index (κ1) is 17.6. The van der Waals surface area contributed by atoms with E-state index in [1.165, 1.54) is 19.2 Å². The molecule has 2 rings (SSSR count). The standard InChI is InChI=1S/C17H20FNO3S/c1-13-6-8-14(9-7-13)12-23(20,21)19-11-17(22-2)15-4-3-5-16(18)10-15/h3-10,17,19H,11-12H2,1-2H3. The largest absolute Gasteiger partial charge is 0.375 e. The quantitative estimate of drug-likeness (QED) is 0.845. The summed E-state index contributed by atoms with van der Waals surface area (Å²) in [6, 6.07) is 13.2. The number of ether oxygens (including phenoxy) is 1. The van der Waals surface area contributed by atoms with Crippen LogP contribution in [0.25, 0.3) is 0 Å². The lowest BCUT2D eigenvalue weighted by Crippen LogP contribution is -2.30. The number of hydrogen-bond donors (Lipinski definition) is 1. The minimum Gasteiger partial charge on any atom is -0.375 e. The van der Waals surface area contributed by atoms with Crippen LogP contribution in [-0.4, -0.2) is 22.1 Å². The summed E-state index contributed by atoms with van der Waals surface area (Å²) in [7, 11) is -2.03. The van der Waals surface area contributed by atoms with Gasteiger partial charge in [0.25, 0.3) is 0 Å². The van der Waals surface area contributed by atoms with Crippen molar-refractivity contribution in [3.8, 4) is 0 Å². The fourth-order valence-electron chi connectivity index (χ4n) is 2.20. The third-order valence-corrected chi connectivity index (χ3v) is 4.79. The Balaban J connectivity index is 2.01. The molecule has 4 nitrogen and oxygen atoms in total. The minimum atomic E-state index is -3.49. The first-order valence-electron chi connectivity index (χ1n) is 7.21. The molecule has 0 fully saturated rings. The van der Waals surface area contributed by atoms with Crippen LogP contribution in [0.1, 0.15) is 22.8 Å². The van der Waals surface area contributed by atoms with Crippen LogP contribution in [0.5, 0.6) is 0 Å². The highest BCUT2D eigenvalue weighted by atomic mass is 32.2. The third-order valence-electron chi connectivity index (χ3n) is 3.47. The van der Waals surface area contributed by atoms with E-state index in [-0.39, 0.29) is 18.1 Å². The molecule has 23 heavy (non-hydrogen) atoms. The molecule has 0 saturated carbocycles. The molecule has 0 spiro atoms. The minimum absolute atomic E-state index is 0.0498. The maximum Gasteiger partial charge on any atom is 0.215 e. The monoisotopic (exact) mass is 337 g/mol. The van der Waals surface area contributed by atoms with E-state index in [2.05, 4.69) is 4.72 Å². The van der Waals surface area contributed by atoms with Crippen molar-refractivity contribution in [2.24, 2.45) is 0 Å². The summed E-state index contributed by atoms with van der Waals surface area (Å²) in [5, 5.41) is 0. The Bertz CT molecular complexity index is 745. The zero-order valence-electron chi connectivity index (χ0n) is 13.1. The van der Waals surface area contributed by atoms with Crippen molar-refractivity contribution in [3.63, 3.8) is 0 Å². The average Bonchev–Trinajstić information content (AvgIpc) is 2.50. The lowest BCUT2D eigenvalue weighted by atomic mass is 10.1. The van der Waals surface area contributed by atoms with Gasteiger partial charge in [0, 0.05) is 13.7 Å². The molecule has 1 N–H and O–H groups in total. The Hall–Kier alpha value is -1.76. The zero-order chi connectivity index (χ0) is 16.9. The summed E-state index contributed by atoms with van der Waals surface area (Å²) in [5.74, 6) is -0.487. The van der Waals surface area contributed by atoms with Crippen LogP contribution in [0.4, 0.5) is 4.39 Å². The first-order valence-corrected chi connectivity index (χ1v) is 8.86. The van der Waals surface area contributed by atoms with Crippen molar-refractivity contribution < 1.29 is 17.5 Å². The predicted octanol–water partition coefficient (Wildman–Crippen LogP) is 2.94. The molecular formula is C17H20FNO3S. The smallest absolute Gasteiger partial charge is 0.215 e. The maximum absolute atomic E-state index is 13.3. The molecule has 0 aliphatic heterocycles. The van der Waals surface area contributed by atoms with Crippen LogP contribution >= 0.6 is 0 Å². The number of aryl methyl sites for hydroxylation is 1. The predicted molar refractivity (Wildman–Crippen MR) is 88.0 cm³/mol. The first-order chi connectivity index (χ1) is 10.9. The molecule has 1 unspecified atom stereocenters. The van der Waals surface area contributed by atoms with Gasteiger partial charge >= 0.3 is 0 Å². The summed E-state index contributed by atoms with van der Waals surface area (Å²) >= 11 is 0. The van der Waals surface area contributed by atoms with Crippen LogP contribution in [-0.2, 0) is 20.5 Å². The highest BCUT2D eigenvalue weighted by molar-refractivity contribution is 7.88. The van der Waals surface area contributed by atoms with Gasteiger partial charge in [0.15, 0.2) is 0 Å². The average molecular weight is 337 g/mol. The third kappa shape index (κ3) is 5.42. The van der Waals surface area contributed by atoms with Crippen molar-refractivity contribution in [3.05, 3.63) is 71.0 Å². The molecule has 0 aliphatic rings. The molecule has 0 amide bonds. The van der Waals surface area contributed by atoms with E-state index in [4.69, 9.17) is 4.74 Å². The van der Waals surface area contributed by atoms with Gasteiger partial charge < -0.3 is 4.74 Å². The maximum atomic E-state index is 13.3. The number of benzene rings is 2. The van der Waals surface area contributed by atoms with Gasteiger partial charge in [-0.15, -0.1) is 0 Å². The van der Waals surface area contributed by atoms with Gasteiger partial charge in [-0.3, -0.25) is 0 Å². The Kier molecular flexibility index (Phi) is 5.87. The molecule has 0 bridgehead atoms. The van der Waals surface area contributed by atoms with Gasteiger partial charge in [0.05, 0.1) is 11.9 Å². The van der Waals surface area contributed by atoms with Crippen molar-refractivity contribution in [1.82, 2.24) is 4.72 Å². The van der Waals surface area contributed by atoms with Crippen LogP contribution in [0.2, 0.25) is 0 Å². The van der Waals surface area contributed by atoms with Crippen LogP contribution in [0.3, 0.4) is 0 Å². The van der Waals surface area contributed by atoms with Gasteiger partial charge in [-0.1, -0.05) is 42.0 Å². The van der Waals surface area contributed by atoms with Crippen molar-refractivity contribution >= 4 is 10.0 Å². The fourth-order valence-corrected chi connectivity index (χ4v) is 3.34. The fraction of sp³-hybridized carbons (Fsp3) is 0.294. The van der Waals surface area contributed by atoms with Gasteiger partial charge in [0.1, 0.15) is 5.82 Å². The Morgan fingerprint density at radius 3 is 2.48 bits per heavy atom. The number of sulfonamides is 1. The van der Waals surface area contributed by atoms with E-state index in [9.17, 15) is 12.8 Å². The van der Waals surface area contributed by atoms with Gasteiger partial charge in [-0.05, 0) is 30.2 Å². The number of nitrogens with one attached hydrogen (secondary N) is 1. The van der Waals surface area contributed by atoms with Crippen molar-refractivity contribution in [1.29, 1.82) is 0 Å². The van der Waals surface area contributed by atoms with Crippen molar-refractivity contribution in [2.45, 2.75) is 18.8 Å². The lowest BCUT2D eigenvalue weighted by molar-refractivity contribution is 0.107. The Morgan fingerprint density at radius 1 is 1.17 bits per heavy atom. The SMILES string of the molecule is COC(CNS(=O)(=O)Cc1ccc(C)cc1)c1cccc(F)c1. The Labute approximate surface area is 136 Å². The molecule has 6 heteroatoms. The second-order valence-electron chi connectivity index (χ2n) is 5.37. The number of halogens is 1. The number of hydrogen-bond acceptors (Lipinski definition) is 3. The zero-order valence-corrected chi connectivity index (χ0v) is 13.9. The van der Waals surface area contributed by atoms with E-state index in [1.54, 1.807) is 24.3 Å². The van der Waals surface area contributed by atoms with E-state index in [1.807, 2.05) is 19.1 Å². The number of rotatable bonds is 7. The second-order valence-corrected chi connectivity index (χ2v) is 7.18. The second kappa shape index (κ2) is 7.68. The summed E-state index contributed by atoms with van der Waals surface area (Å²) in [5.41, 5.74) is 2.37. The highest BCUT2D eigenvalue weighted by Gasteiger charge is 2.17. The van der Waals surface area contributed by atoms with Crippen molar-refractivity contribution in [2.75, 3.05) is 13.7 Å². The van der Waals surface area contributed by atoms with Gasteiger partial charge in [-0.2, -0.15) is 0 Å². The topological polar surface area (TPSA) is 55.4 Å². The summed E-state index contributed by atoms with van der Waals surface area (Å²) in [6.45, 7) is 1.99. The van der Waals surface area contributed by atoms with E-state index in [0.717, 1.165) is 5.56 Å². The van der Waals surface area contributed by atoms with Crippen LogP contribution in [0, 0.1) is 12.7 Å². The Morgan fingerprint density at radius 2 is 1.87 bits per heavy atom. The summed E-state index contributed by atoms with van der Waals surface area (Å²) in [4.78, 5) is 0. The van der Waals surface area contributed by atoms with Crippen LogP contribution < -0.4 is 4.72 Å². The van der Waals surface area contributed by atoms with Gasteiger partial charge in [-0.25, -0.2) is 17.5 Å². The van der Waals surface area contributed by atoms with Gasteiger partial charge in [0.2, 0.25) is 10.0 Å². The molecule has 0 radical (unpaired) electrons. The molecule has 2 aromatic carbocycles. The summed E-state index contributed by atoms with van der Waals surface area (Å²) in [6.07, 6.45) is -0.543. The van der Waals surface area contributed by atoms with Crippen LogP contribution in [0.15, 0.2) is 48.5 Å². The molecule has 0 heterocycles. The molecular weight excluding hydrogens is 317 g/mol.